The van der Waals surface area contributed by atoms with Crippen molar-refractivity contribution in [3.63, 3.8) is 0 Å². The first-order valence-corrected chi connectivity index (χ1v) is 7.83. The van der Waals surface area contributed by atoms with E-state index in [1.54, 1.807) is 0 Å². The van der Waals surface area contributed by atoms with Gasteiger partial charge in [-0.05, 0) is 30.3 Å². The van der Waals surface area contributed by atoms with Crippen LogP contribution in [0.25, 0.3) is 0 Å². The van der Waals surface area contributed by atoms with Gasteiger partial charge in [0.2, 0.25) is 12.6 Å². The molecule has 124 valence electrons. The van der Waals surface area contributed by atoms with E-state index in [1.807, 2.05) is 0 Å². The summed E-state index contributed by atoms with van der Waals surface area (Å²) in [5.41, 5.74) is 0.372. The molecule has 2 aromatic carbocycles. The van der Waals surface area contributed by atoms with Gasteiger partial charge in [0.05, 0.1) is 15.6 Å². The summed E-state index contributed by atoms with van der Waals surface area (Å²) in [5, 5.41) is 0.822. The van der Waals surface area contributed by atoms with Crippen molar-refractivity contribution < 1.29 is 23.8 Å². The number of benzene rings is 2. The summed E-state index contributed by atoms with van der Waals surface area (Å²) in [6, 6.07) is 7.27. The van der Waals surface area contributed by atoms with Gasteiger partial charge < -0.3 is 14.2 Å². The molecule has 5 nitrogen and oxygen atoms in total. The van der Waals surface area contributed by atoms with Crippen molar-refractivity contribution in [3.05, 3.63) is 56.5 Å². The highest BCUT2D eigenvalue weighted by Crippen LogP contribution is 2.39. The van der Waals surface area contributed by atoms with Gasteiger partial charge in [-0.3, -0.25) is 4.79 Å². The fourth-order valence-corrected chi connectivity index (χ4v) is 2.87. The summed E-state index contributed by atoms with van der Waals surface area (Å²) < 4.78 is 15.3. The second kappa shape index (κ2) is 6.89. The van der Waals surface area contributed by atoms with Crippen LogP contribution in [0.5, 0.6) is 11.5 Å². The van der Waals surface area contributed by atoms with Crippen LogP contribution in [-0.4, -0.2) is 25.2 Å². The van der Waals surface area contributed by atoms with E-state index >= 15 is 0 Å². The summed E-state index contributed by atoms with van der Waals surface area (Å²) in [4.78, 5) is 24.2. The average molecular weight is 388 g/mol. The van der Waals surface area contributed by atoms with Crippen LogP contribution in [0.2, 0.25) is 15.1 Å². The van der Waals surface area contributed by atoms with Gasteiger partial charge in [0.25, 0.3) is 0 Å². The van der Waals surface area contributed by atoms with Crippen molar-refractivity contribution in [1.29, 1.82) is 0 Å². The van der Waals surface area contributed by atoms with Gasteiger partial charge in [-0.1, -0.05) is 34.8 Å². The SMILES string of the molecule is O=C(OCC(=O)c1ccc(Cl)cc1Cl)c1cc(Cl)c2c(c1)OCO2. The number of carbonyl (C=O) groups is 2. The van der Waals surface area contributed by atoms with Crippen molar-refractivity contribution in [2.24, 2.45) is 0 Å². The molecule has 0 fully saturated rings. The monoisotopic (exact) mass is 386 g/mol. The summed E-state index contributed by atoms with van der Waals surface area (Å²) in [6.07, 6.45) is 0. The second-order valence-corrected chi connectivity index (χ2v) is 6.07. The Kier molecular flexibility index (Phi) is 4.85. The molecule has 0 N–H and O–H groups in total. The van der Waals surface area contributed by atoms with Gasteiger partial charge in [-0.15, -0.1) is 0 Å². The Bertz CT molecular complexity index is 835. The molecule has 0 bridgehead atoms. The van der Waals surface area contributed by atoms with Gasteiger partial charge in [-0.2, -0.15) is 0 Å². The van der Waals surface area contributed by atoms with Crippen LogP contribution >= 0.6 is 34.8 Å². The zero-order chi connectivity index (χ0) is 17.3. The highest BCUT2D eigenvalue weighted by atomic mass is 35.5. The molecule has 0 aromatic heterocycles. The number of hydrogen-bond acceptors (Lipinski definition) is 5. The predicted octanol–water partition coefficient (Wildman–Crippen LogP) is 4.42. The van der Waals surface area contributed by atoms with E-state index in [1.165, 1.54) is 30.3 Å². The standard InChI is InChI=1S/C16H9Cl3O5/c17-9-1-2-10(11(18)5-9)13(20)6-22-16(21)8-3-12(19)15-14(4-8)23-7-24-15/h1-5H,6-7H2. The third-order valence-corrected chi connectivity index (χ3v) is 4.06. The highest BCUT2D eigenvalue weighted by molar-refractivity contribution is 6.37. The van der Waals surface area contributed by atoms with Crippen LogP contribution in [0.15, 0.2) is 30.3 Å². The lowest BCUT2D eigenvalue weighted by Gasteiger charge is -2.07. The minimum Gasteiger partial charge on any atom is -0.454 e. The molecule has 1 aliphatic heterocycles. The minimum absolute atomic E-state index is 0.0289. The van der Waals surface area contributed by atoms with Gasteiger partial charge in [0, 0.05) is 10.6 Å². The van der Waals surface area contributed by atoms with Crippen LogP contribution in [0.4, 0.5) is 0 Å². The largest absolute Gasteiger partial charge is 0.454 e. The fourth-order valence-electron chi connectivity index (χ4n) is 2.09. The van der Waals surface area contributed by atoms with Crippen LogP contribution in [-0.2, 0) is 4.74 Å². The molecule has 3 rings (SSSR count). The average Bonchev–Trinajstić information content (AvgIpc) is 3.01. The van der Waals surface area contributed by atoms with Gasteiger partial charge in [0.15, 0.2) is 18.1 Å². The van der Waals surface area contributed by atoms with Crippen LogP contribution < -0.4 is 9.47 Å². The van der Waals surface area contributed by atoms with Crippen LogP contribution in [0.3, 0.4) is 0 Å². The van der Waals surface area contributed by atoms with E-state index in [2.05, 4.69) is 0 Å². The molecule has 0 saturated carbocycles. The van der Waals surface area contributed by atoms with E-state index in [4.69, 9.17) is 49.0 Å². The molecule has 0 amide bonds. The molecule has 0 spiro atoms. The first kappa shape index (κ1) is 16.9. The Balaban J connectivity index is 1.69. The molecular formula is C16H9Cl3O5. The Morgan fingerprint density at radius 2 is 1.83 bits per heavy atom. The molecule has 0 atom stereocenters. The minimum atomic E-state index is -0.714. The number of esters is 1. The molecule has 1 heterocycles. The Labute approximate surface area is 152 Å². The lowest BCUT2D eigenvalue weighted by molar-refractivity contribution is 0.0474. The zero-order valence-corrected chi connectivity index (χ0v) is 14.2. The van der Waals surface area contributed by atoms with Gasteiger partial charge in [0.1, 0.15) is 0 Å². The second-order valence-electron chi connectivity index (χ2n) is 4.82. The fraction of sp³-hybridized carbons (Fsp3) is 0.125. The summed E-state index contributed by atoms with van der Waals surface area (Å²) >= 11 is 17.7. The third kappa shape index (κ3) is 3.43. The smallest absolute Gasteiger partial charge is 0.338 e. The molecule has 1 aliphatic rings. The topological polar surface area (TPSA) is 61.8 Å². The molecule has 0 aliphatic carbocycles. The Morgan fingerprint density at radius 1 is 1.04 bits per heavy atom. The molecule has 0 radical (unpaired) electrons. The van der Waals surface area contributed by atoms with Crippen molar-refractivity contribution in [2.45, 2.75) is 0 Å². The first-order chi connectivity index (χ1) is 11.5. The number of Topliss-reactive ketones (excluding diaryl/α,β-unsaturated/α-hetero) is 1. The quantitative estimate of drug-likeness (QED) is 0.574. The third-order valence-electron chi connectivity index (χ3n) is 3.23. The van der Waals surface area contributed by atoms with Crippen LogP contribution in [0.1, 0.15) is 20.7 Å². The van der Waals surface area contributed by atoms with E-state index in [0.29, 0.717) is 16.5 Å². The predicted molar refractivity (Wildman–Crippen MR) is 88.7 cm³/mol. The van der Waals surface area contributed by atoms with Crippen LogP contribution in [0, 0.1) is 0 Å². The van der Waals surface area contributed by atoms with E-state index in [0.717, 1.165) is 0 Å². The maximum Gasteiger partial charge on any atom is 0.338 e. The van der Waals surface area contributed by atoms with E-state index < -0.39 is 18.4 Å². The summed E-state index contributed by atoms with van der Waals surface area (Å²) in [5.74, 6) is -0.441. The lowest BCUT2D eigenvalue weighted by Crippen LogP contribution is -2.14. The van der Waals surface area contributed by atoms with Crippen molar-refractivity contribution in [2.75, 3.05) is 13.4 Å². The first-order valence-electron chi connectivity index (χ1n) is 6.70. The molecule has 2 aromatic rings. The lowest BCUT2D eigenvalue weighted by atomic mass is 10.1. The Hall–Kier alpha value is -1.95. The van der Waals surface area contributed by atoms with Crippen molar-refractivity contribution >= 4 is 46.6 Å². The van der Waals surface area contributed by atoms with E-state index in [9.17, 15) is 9.59 Å². The number of ketones is 1. The summed E-state index contributed by atoms with van der Waals surface area (Å²) in [7, 11) is 0. The maximum absolute atomic E-state index is 12.1. The van der Waals surface area contributed by atoms with Crippen molar-refractivity contribution in [3.8, 4) is 11.5 Å². The molecule has 8 heteroatoms. The summed E-state index contributed by atoms with van der Waals surface area (Å²) in [6.45, 7) is -0.437. The maximum atomic E-state index is 12.1. The molecule has 0 saturated heterocycles. The number of hydrogen-bond donors (Lipinski definition) is 0. The number of ether oxygens (including phenoxy) is 3. The highest BCUT2D eigenvalue weighted by Gasteiger charge is 2.22. The Morgan fingerprint density at radius 3 is 2.58 bits per heavy atom. The zero-order valence-electron chi connectivity index (χ0n) is 12.0. The number of halogens is 3. The number of carbonyl (C=O) groups excluding carboxylic acids is 2. The van der Waals surface area contributed by atoms with Gasteiger partial charge in [-0.25, -0.2) is 4.79 Å². The number of fused-ring (bicyclic) bond motifs is 1. The molecule has 24 heavy (non-hydrogen) atoms. The molecule has 0 unspecified atom stereocenters. The van der Waals surface area contributed by atoms with E-state index in [-0.39, 0.29) is 28.0 Å². The number of rotatable bonds is 4. The molecular weight excluding hydrogens is 379 g/mol. The van der Waals surface area contributed by atoms with Gasteiger partial charge >= 0.3 is 5.97 Å². The normalized spacial score (nSPS) is 12.1. The van der Waals surface area contributed by atoms with Crippen molar-refractivity contribution in [1.82, 2.24) is 0 Å².